The van der Waals surface area contributed by atoms with Crippen LogP contribution in [0.1, 0.15) is 15.9 Å². The highest BCUT2D eigenvalue weighted by molar-refractivity contribution is 9.09. The minimum Gasteiger partial charge on any atom is -0.293 e. The summed E-state index contributed by atoms with van der Waals surface area (Å²) < 4.78 is 37.4. The molecule has 0 aliphatic heterocycles. The van der Waals surface area contributed by atoms with Crippen LogP contribution < -0.4 is 0 Å². The van der Waals surface area contributed by atoms with E-state index in [1.54, 1.807) is 0 Å². The average molecular weight is 336 g/mol. The van der Waals surface area contributed by atoms with Crippen molar-refractivity contribution in [1.29, 1.82) is 0 Å². The zero-order valence-corrected chi connectivity index (χ0v) is 10.6. The van der Waals surface area contributed by atoms with Crippen LogP contribution in [0.2, 0.25) is 10.0 Å². The van der Waals surface area contributed by atoms with Crippen LogP contribution in [-0.2, 0) is 6.18 Å². The maximum absolute atomic E-state index is 12.5. The van der Waals surface area contributed by atoms with Gasteiger partial charge in [0.2, 0.25) is 0 Å². The van der Waals surface area contributed by atoms with Crippen molar-refractivity contribution >= 4 is 44.9 Å². The lowest BCUT2D eigenvalue weighted by atomic mass is 10.1. The number of carbonyl (C=O) groups excluding carboxylic acids is 1. The molecule has 88 valence electrons. The molecule has 1 aromatic rings. The predicted octanol–water partition coefficient (Wildman–Crippen LogP) is 4.59. The molecule has 0 bridgehead atoms. The lowest BCUT2D eigenvalue weighted by Gasteiger charge is -2.11. The van der Waals surface area contributed by atoms with Crippen LogP contribution in [0.25, 0.3) is 0 Å². The first-order valence-corrected chi connectivity index (χ1v) is 5.80. The fourth-order valence-corrected chi connectivity index (χ4v) is 1.95. The summed E-state index contributed by atoms with van der Waals surface area (Å²) in [6, 6.07) is 1.58. The Morgan fingerprint density at radius 1 is 1.25 bits per heavy atom. The van der Waals surface area contributed by atoms with Gasteiger partial charge < -0.3 is 0 Å². The SMILES string of the molecule is O=C(CBr)c1cc(C(F)(F)F)c(Cl)cc1Cl. The third-order valence-electron chi connectivity index (χ3n) is 1.78. The highest BCUT2D eigenvalue weighted by atomic mass is 79.9. The molecule has 1 rings (SSSR count). The Morgan fingerprint density at radius 3 is 2.25 bits per heavy atom. The molecule has 0 aliphatic carbocycles. The normalized spacial score (nSPS) is 11.6. The van der Waals surface area contributed by atoms with Gasteiger partial charge in [-0.2, -0.15) is 13.2 Å². The van der Waals surface area contributed by atoms with Crippen LogP contribution in [-0.4, -0.2) is 11.1 Å². The molecule has 0 fully saturated rings. The van der Waals surface area contributed by atoms with Crippen molar-refractivity contribution in [2.24, 2.45) is 0 Å². The summed E-state index contributed by atoms with van der Waals surface area (Å²) in [6.45, 7) is 0. The van der Waals surface area contributed by atoms with Crippen molar-refractivity contribution in [3.63, 3.8) is 0 Å². The van der Waals surface area contributed by atoms with Gasteiger partial charge in [0.15, 0.2) is 5.78 Å². The highest BCUT2D eigenvalue weighted by Gasteiger charge is 2.34. The van der Waals surface area contributed by atoms with Crippen molar-refractivity contribution in [2.75, 3.05) is 5.33 Å². The summed E-state index contributed by atoms with van der Waals surface area (Å²) in [5, 5.41) is -0.725. The van der Waals surface area contributed by atoms with E-state index in [1.807, 2.05) is 0 Å². The Bertz CT molecular complexity index is 431. The third-order valence-corrected chi connectivity index (χ3v) is 2.92. The van der Waals surface area contributed by atoms with Crippen molar-refractivity contribution in [1.82, 2.24) is 0 Å². The van der Waals surface area contributed by atoms with Gasteiger partial charge in [0.05, 0.1) is 20.9 Å². The van der Waals surface area contributed by atoms with E-state index in [0.29, 0.717) is 6.07 Å². The van der Waals surface area contributed by atoms with E-state index in [2.05, 4.69) is 15.9 Å². The Hall–Kier alpha value is -0.260. The fraction of sp³-hybridized carbons (Fsp3) is 0.222. The number of carbonyl (C=O) groups is 1. The zero-order chi connectivity index (χ0) is 12.5. The monoisotopic (exact) mass is 334 g/mol. The zero-order valence-electron chi connectivity index (χ0n) is 7.54. The first kappa shape index (κ1) is 13.8. The summed E-state index contributed by atoms with van der Waals surface area (Å²) in [6.07, 6.45) is -4.61. The number of ketones is 1. The van der Waals surface area contributed by atoms with E-state index in [9.17, 15) is 18.0 Å². The number of hydrogen-bond acceptors (Lipinski definition) is 1. The van der Waals surface area contributed by atoms with E-state index in [1.165, 1.54) is 0 Å². The van der Waals surface area contributed by atoms with E-state index >= 15 is 0 Å². The molecule has 0 radical (unpaired) electrons. The Kier molecular flexibility index (Phi) is 4.26. The molecule has 0 N–H and O–H groups in total. The molecular weight excluding hydrogens is 332 g/mol. The fourth-order valence-electron chi connectivity index (χ4n) is 1.05. The number of Topliss-reactive ketones (excluding diaryl/α,β-unsaturated/α-hetero) is 1. The highest BCUT2D eigenvalue weighted by Crippen LogP contribution is 2.37. The van der Waals surface area contributed by atoms with Crippen LogP contribution in [0.15, 0.2) is 12.1 Å². The molecule has 7 heteroatoms. The number of alkyl halides is 4. The van der Waals surface area contributed by atoms with Crippen LogP contribution in [0.3, 0.4) is 0 Å². The van der Waals surface area contributed by atoms with E-state index in [0.717, 1.165) is 6.07 Å². The molecular formula is C9H4BrCl2F3O. The first-order valence-electron chi connectivity index (χ1n) is 3.92. The largest absolute Gasteiger partial charge is 0.417 e. The van der Waals surface area contributed by atoms with E-state index in [4.69, 9.17) is 23.2 Å². The van der Waals surface area contributed by atoms with Crippen molar-refractivity contribution in [2.45, 2.75) is 6.18 Å². The molecule has 0 spiro atoms. The van der Waals surface area contributed by atoms with Gasteiger partial charge in [-0.1, -0.05) is 39.1 Å². The van der Waals surface area contributed by atoms with Crippen LogP contribution in [0, 0.1) is 0 Å². The maximum atomic E-state index is 12.5. The lowest BCUT2D eigenvalue weighted by Crippen LogP contribution is -2.09. The number of rotatable bonds is 2. The average Bonchev–Trinajstić information content (AvgIpc) is 2.14. The number of hydrogen-bond donors (Lipinski definition) is 0. The first-order chi connectivity index (χ1) is 7.27. The Morgan fingerprint density at radius 2 is 1.81 bits per heavy atom. The quantitative estimate of drug-likeness (QED) is 0.570. The molecule has 0 atom stereocenters. The van der Waals surface area contributed by atoms with E-state index < -0.39 is 22.5 Å². The van der Waals surface area contributed by atoms with E-state index in [-0.39, 0.29) is 15.9 Å². The van der Waals surface area contributed by atoms with Gasteiger partial charge in [0, 0.05) is 5.56 Å². The van der Waals surface area contributed by atoms with Crippen LogP contribution in [0.5, 0.6) is 0 Å². The summed E-state index contributed by atoms with van der Waals surface area (Å²) in [5.41, 5.74) is -1.27. The van der Waals surface area contributed by atoms with Gasteiger partial charge in [0.25, 0.3) is 0 Å². The maximum Gasteiger partial charge on any atom is 0.417 e. The van der Waals surface area contributed by atoms with Gasteiger partial charge in [0.1, 0.15) is 0 Å². The van der Waals surface area contributed by atoms with Gasteiger partial charge in [-0.15, -0.1) is 0 Å². The molecule has 1 aromatic carbocycles. The van der Waals surface area contributed by atoms with Gasteiger partial charge in [-0.3, -0.25) is 4.79 Å². The second kappa shape index (κ2) is 4.94. The summed E-state index contributed by atoms with van der Waals surface area (Å²) in [5.74, 6) is -0.535. The predicted molar refractivity (Wildman–Crippen MR) is 59.6 cm³/mol. The molecule has 0 unspecified atom stereocenters. The minimum atomic E-state index is -4.61. The smallest absolute Gasteiger partial charge is 0.293 e. The second-order valence-electron chi connectivity index (χ2n) is 2.87. The molecule has 0 aromatic heterocycles. The number of halogens is 6. The van der Waals surface area contributed by atoms with Gasteiger partial charge in [-0.05, 0) is 12.1 Å². The molecule has 0 heterocycles. The molecule has 0 saturated carbocycles. The third kappa shape index (κ3) is 2.90. The molecule has 0 aliphatic rings. The van der Waals surface area contributed by atoms with Crippen LogP contribution >= 0.6 is 39.1 Å². The second-order valence-corrected chi connectivity index (χ2v) is 4.24. The van der Waals surface area contributed by atoms with Gasteiger partial charge >= 0.3 is 6.18 Å². The Labute approximate surface area is 108 Å². The Balaban J connectivity index is 3.39. The topological polar surface area (TPSA) is 17.1 Å². The summed E-state index contributed by atoms with van der Waals surface area (Å²) in [4.78, 5) is 11.3. The van der Waals surface area contributed by atoms with Crippen molar-refractivity contribution in [3.05, 3.63) is 33.3 Å². The van der Waals surface area contributed by atoms with Crippen molar-refractivity contribution < 1.29 is 18.0 Å². The summed E-state index contributed by atoms with van der Waals surface area (Å²) >= 11 is 13.9. The molecule has 0 saturated heterocycles. The lowest BCUT2D eigenvalue weighted by molar-refractivity contribution is -0.137. The standard InChI is InChI=1S/C9H4BrCl2F3O/c10-3-8(16)4-1-5(9(13,14)15)7(12)2-6(4)11/h1-2H,3H2. The van der Waals surface area contributed by atoms with Gasteiger partial charge in [-0.25, -0.2) is 0 Å². The van der Waals surface area contributed by atoms with Crippen LogP contribution in [0.4, 0.5) is 13.2 Å². The molecule has 0 amide bonds. The molecule has 1 nitrogen and oxygen atoms in total. The van der Waals surface area contributed by atoms with Crippen molar-refractivity contribution in [3.8, 4) is 0 Å². The summed E-state index contributed by atoms with van der Waals surface area (Å²) in [7, 11) is 0. The molecule has 16 heavy (non-hydrogen) atoms. The number of benzene rings is 1. The minimum absolute atomic E-state index is 0.0950.